The quantitative estimate of drug-likeness (QED) is 0.709. The Morgan fingerprint density at radius 2 is 2.05 bits per heavy atom. The molecule has 0 aliphatic carbocycles. The van der Waals surface area contributed by atoms with Crippen molar-refractivity contribution in [1.82, 2.24) is 5.32 Å². The zero-order valence-electron chi connectivity index (χ0n) is 11.7. The number of hydrogen-bond acceptors (Lipinski definition) is 4. The number of benzene rings is 1. The van der Waals surface area contributed by atoms with Crippen molar-refractivity contribution in [3.8, 4) is 5.75 Å². The maximum atomic E-state index is 6.03. The average molecular weight is 288 g/mol. The molecule has 1 aromatic carbocycles. The zero-order chi connectivity index (χ0) is 14.1. The van der Waals surface area contributed by atoms with Crippen LogP contribution in [0.5, 0.6) is 5.75 Å². The molecule has 0 spiro atoms. The van der Waals surface area contributed by atoms with Crippen LogP contribution in [0.15, 0.2) is 18.2 Å². The van der Waals surface area contributed by atoms with Crippen molar-refractivity contribution >= 4 is 11.6 Å². The third-order valence-electron chi connectivity index (χ3n) is 2.74. The van der Waals surface area contributed by atoms with Gasteiger partial charge < -0.3 is 19.5 Å². The van der Waals surface area contributed by atoms with Crippen LogP contribution in [0.1, 0.15) is 18.5 Å². The first-order valence-corrected chi connectivity index (χ1v) is 6.74. The maximum absolute atomic E-state index is 6.03. The molecule has 0 saturated carbocycles. The van der Waals surface area contributed by atoms with Crippen LogP contribution in [0.4, 0.5) is 0 Å². The number of likely N-dealkylation sites (N-methyl/N-ethyl adjacent to an activating group) is 1. The summed E-state index contributed by atoms with van der Waals surface area (Å²) < 4.78 is 15.8. The number of halogens is 1. The van der Waals surface area contributed by atoms with Gasteiger partial charge in [-0.05, 0) is 24.2 Å². The van der Waals surface area contributed by atoms with Gasteiger partial charge in [-0.25, -0.2) is 0 Å². The zero-order valence-corrected chi connectivity index (χ0v) is 12.5. The molecular formula is C14H22ClNO3. The van der Waals surface area contributed by atoms with Gasteiger partial charge in [0.25, 0.3) is 0 Å². The van der Waals surface area contributed by atoms with Crippen molar-refractivity contribution < 1.29 is 14.2 Å². The SMILES string of the molecule is CCNC(COCCOC)c1ccc(Cl)c(OC)c1. The van der Waals surface area contributed by atoms with Gasteiger partial charge >= 0.3 is 0 Å². The molecule has 0 fully saturated rings. The van der Waals surface area contributed by atoms with Gasteiger partial charge in [-0.3, -0.25) is 0 Å². The highest BCUT2D eigenvalue weighted by atomic mass is 35.5. The Morgan fingerprint density at radius 3 is 2.68 bits per heavy atom. The van der Waals surface area contributed by atoms with E-state index >= 15 is 0 Å². The van der Waals surface area contributed by atoms with Crippen molar-refractivity contribution in [3.63, 3.8) is 0 Å². The molecule has 1 N–H and O–H groups in total. The van der Waals surface area contributed by atoms with E-state index in [9.17, 15) is 0 Å². The van der Waals surface area contributed by atoms with Gasteiger partial charge in [-0.15, -0.1) is 0 Å². The van der Waals surface area contributed by atoms with Gasteiger partial charge in [-0.2, -0.15) is 0 Å². The van der Waals surface area contributed by atoms with Crippen LogP contribution in [0.25, 0.3) is 0 Å². The number of ether oxygens (including phenoxy) is 3. The van der Waals surface area contributed by atoms with Crippen LogP contribution in [-0.2, 0) is 9.47 Å². The molecule has 0 saturated heterocycles. The standard InChI is InChI=1S/C14H22ClNO3/c1-4-16-13(10-19-8-7-17-2)11-5-6-12(15)14(9-11)18-3/h5-6,9,13,16H,4,7-8,10H2,1-3H3. The summed E-state index contributed by atoms with van der Waals surface area (Å²) >= 11 is 6.03. The van der Waals surface area contributed by atoms with Crippen molar-refractivity contribution in [2.45, 2.75) is 13.0 Å². The third-order valence-corrected chi connectivity index (χ3v) is 3.06. The molecule has 1 atom stereocenters. The number of hydrogen-bond donors (Lipinski definition) is 1. The Bertz CT molecular complexity index is 374. The van der Waals surface area contributed by atoms with E-state index in [1.54, 1.807) is 14.2 Å². The summed E-state index contributed by atoms with van der Waals surface area (Å²) in [5, 5.41) is 3.99. The number of nitrogens with one attached hydrogen (secondary N) is 1. The van der Waals surface area contributed by atoms with Gasteiger partial charge in [0, 0.05) is 7.11 Å². The summed E-state index contributed by atoms with van der Waals surface area (Å²) in [6, 6.07) is 5.88. The molecule has 0 bridgehead atoms. The van der Waals surface area contributed by atoms with Crippen molar-refractivity contribution in [2.75, 3.05) is 40.6 Å². The van der Waals surface area contributed by atoms with E-state index in [-0.39, 0.29) is 6.04 Å². The van der Waals surface area contributed by atoms with Crippen LogP contribution in [0.3, 0.4) is 0 Å². The Morgan fingerprint density at radius 1 is 1.26 bits per heavy atom. The van der Waals surface area contributed by atoms with E-state index in [1.165, 1.54) is 0 Å². The second-order valence-corrected chi connectivity index (χ2v) is 4.48. The van der Waals surface area contributed by atoms with Gasteiger partial charge in [0.05, 0.1) is 38.0 Å². The largest absolute Gasteiger partial charge is 0.495 e. The van der Waals surface area contributed by atoms with Crippen molar-refractivity contribution in [2.24, 2.45) is 0 Å². The molecule has 0 aromatic heterocycles. The first-order valence-electron chi connectivity index (χ1n) is 6.36. The van der Waals surface area contributed by atoms with Gasteiger partial charge in [0.1, 0.15) is 5.75 Å². The summed E-state index contributed by atoms with van der Waals surface area (Å²) in [6.07, 6.45) is 0. The smallest absolute Gasteiger partial charge is 0.137 e. The van der Waals surface area contributed by atoms with E-state index in [4.69, 9.17) is 25.8 Å². The average Bonchev–Trinajstić information content (AvgIpc) is 2.43. The van der Waals surface area contributed by atoms with E-state index < -0.39 is 0 Å². The normalized spacial score (nSPS) is 12.4. The predicted octanol–water partition coefficient (Wildman–Crippen LogP) is 2.66. The fourth-order valence-electron chi connectivity index (χ4n) is 1.76. The van der Waals surface area contributed by atoms with Gasteiger partial charge in [-0.1, -0.05) is 24.6 Å². The number of methoxy groups -OCH3 is 2. The van der Waals surface area contributed by atoms with Crippen LogP contribution >= 0.6 is 11.6 Å². The molecule has 1 unspecified atom stereocenters. The molecule has 108 valence electrons. The van der Waals surface area contributed by atoms with Crippen LogP contribution < -0.4 is 10.1 Å². The molecular weight excluding hydrogens is 266 g/mol. The molecule has 0 aliphatic heterocycles. The Hall–Kier alpha value is -0.810. The Kier molecular flexibility index (Phi) is 7.82. The lowest BCUT2D eigenvalue weighted by Gasteiger charge is -2.19. The molecule has 0 heterocycles. The third kappa shape index (κ3) is 5.37. The molecule has 0 aliphatic rings. The molecule has 19 heavy (non-hydrogen) atoms. The molecule has 4 nitrogen and oxygen atoms in total. The van der Waals surface area contributed by atoms with E-state index in [0.717, 1.165) is 12.1 Å². The molecule has 5 heteroatoms. The van der Waals surface area contributed by atoms with Crippen molar-refractivity contribution in [1.29, 1.82) is 0 Å². The summed E-state index contributed by atoms with van der Waals surface area (Å²) in [5.41, 5.74) is 1.10. The first kappa shape index (κ1) is 16.2. The van der Waals surface area contributed by atoms with Crippen LogP contribution in [0.2, 0.25) is 5.02 Å². The lowest BCUT2D eigenvalue weighted by atomic mass is 10.1. The summed E-state index contributed by atoms with van der Waals surface area (Å²) in [6.45, 7) is 4.70. The summed E-state index contributed by atoms with van der Waals surface area (Å²) in [7, 11) is 3.28. The molecule has 1 rings (SSSR count). The maximum Gasteiger partial charge on any atom is 0.137 e. The fraction of sp³-hybridized carbons (Fsp3) is 0.571. The van der Waals surface area contributed by atoms with E-state index in [0.29, 0.717) is 30.6 Å². The Labute approximate surface area is 120 Å². The lowest BCUT2D eigenvalue weighted by Crippen LogP contribution is -2.26. The molecule has 1 aromatic rings. The fourth-order valence-corrected chi connectivity index (χ4v) is 1.95. The van der Waals surface area contributed by atoms with Crippen LogP contribution in [0, 0.1) is 0 Å². The lowest BCUT2D eigenvalue weighted by molar-refractivity contribution is 0.0588. The molecule has 0 amide bonds. The Balaban J connectivity index is 2.68. The van der Waals surface area contributed by atoms with Crippen LogP contribution in [-0.4, -0.2) is 40.6 Å². The summed E-state index contributed by atoms with van der Waals surface area (Å²) in [4.78, 5) is 0. The van der Waals surface area contributed by atoms with E-state index in [1.807, 2.05) is 18.2 Å². The monoisotopic (exact) mass is 287 g/mol. The topological polar surface area (TPSA) is 39.7 Å². The van der Waals surface area contributed by atoms with E-state index in [2.05, 4.69) is 12.2 Å². The summed E-state index contributed by atoms with van der Waals surface area (Å²) in [5.74, 6) is 0.680. The van der Waals surface area contributed by atoms with Crippen molar-refractivity contribution in [3.05, 3.63) is 28.8 Å². The minimum atomic E-state index is 0.119. The van der Waals surface area contributed by atoms with Gasteiger partial charge in [0.15, 0.2) is 0 Å². The minimum Gasteiger partial charge on any atom is -0.495 e. The highest BCUT2D eigenvalue weighted by Crippen LogP contribution is 2.27. The second kappa shape index (κ2) is 9.15. The molecule has 0 radical (unpaired) electrons. The second-order valence-electron chi connectivity index (χ2n) is 4.07. The highest BCUT2D eigenvalue weighted by Gasteiger charge is 2.12. The first-order chi connectivity index (χ1) is 9.22. The number of rotatable bonds is 9. The highest BCUT2D eigenvalue weighted by molar-refractivity contribution is 6.32. The van der Waals surface area contributed by atoms with Gasteiger partial charge in [0.2, 0.25) is 0 Å². The minimum absolute atomic E-state index is 0.119. The predicted molar refractivity (Wildman–Crippen MR) is 77.1 cm³/mol.